The molecule has 0 aromatic heterocycles. The Hall–Kier alpha value is -0.0400. The van der Waals surface area contributed by atoms with Crippen LogP contribution >= 0.6 is 0 Å². The van der Waals surface area contributed by atoms with Crippen LogP contribution in [0, 0.1) is 29.1 Å². The highest BCUT2D eigenvalue weighted by Gasteiger charge is 2.44. The van der Waals surface area contributed by atoms with Gasteiger partial charge in [0.2, 0.25) is 0 Å². The van der Waals surface area contributed by atoms with E-state index >= 15 is 0 Å². The average molecular weight is 249 g/mol. The summed E-state index contributed by atoms with van der Waals surface area (Å²) in [5.41, 5.74) is 0.575. The maximum Gasteiger partial charge on any atom is 0.0100 e. The smallest absolute Gasteiger partial charge is 0.0100 e. The zero-order valence-corrected chi connectivity index (χ0v) is 12.5. The van der Waals surface area contributed by atoms with Gasteiger partial charge in [-0.05, 0) is 74.7 Å². The van der Waals surface area contributed by atoms with Crippen molar-refractivity contribution in [3.8, 4) is 0 Å². The molecular formula is C17H31N. The number of nitrogens with one attached hydrogen (secondary N) is 1. The Morgan fingerprint density at radius 1 is 1.17 bits per heavy atom. The highest BCUT2D eigenvalue weighted by molar-refractivity contribution is 4.96. The van der Waals surface area contributed by atoms with Crippen LogP contribution in [-0.4, -0.2) is 13.1 Å². The molecule has 3 saturated carbocycles. The van der Waals surface area contributed by atoms with E-state index in [0.717, 1.165) is 29.7 Å². The molecule has 0 aromatic rings. The quantitative estimate of drug-likeness (QED) is 0.786. The van der Waals surface area contributed by atoms with Gasteiger partial charge >= 0.3 is 0 Å². The average Bonchev–Trinajstić information content (AvgIpc) is 3.00. The van der Waals surface area contributed by atoms with Gasteiger partial charge in [0.15, 0.2) is 0 Å². The second kappa shape index (κ2) is 4.81. The van der Waals surface area contributed by atoms with Crippen molar-refractivity contribution in [2.45, 2.75) is 71.3 Å². The van der Waals surface area contributed by atoms with Crippen LogP contribution < -0.4 is 5.32 Å². The first-order valence-electron chi connectivity index (χ1n) is 8.27. The van der Waals surface area contributed by atoms with Crippen molar-refractivity contribution in [1.29, 1.82) is 0 Å². The molecule has 104 valence electrons. The van der Waals surface area contributed by atoms with Crippen LogP contribution in [0.5, 0.6) is 0 Å². The van der Waals surface area contributed by atoms with Gasteiger partial charge in [-0.2, -0.15) is 0 Å². The van der Waals surface area contributed by atoms with E-state index in [0.29, 0.717) is 5.41 Å². The fourth-order valence-electron chi connectivity index (χ4n) is 5.57. The zero-order chi connectivity index (χ0) is 12.8. The minimum atomic E-state index is 0.575. The van der Waals surface area contributed by atoms with Crippen molar-refractivity contribution in [3.05, 3.63) is 0 Å². The first-order chi connectivity index (χ1) is 8.60. The van der Waals surface area contributed by atoms with Crippen LogP contribution in [-0.2, 0) is 0 Å². The Morgan fingerprint density at radius 2 is 2.00 bits per heavy atom. The molecule has 3 aliphatic rings. The van der Waals surface area contributed by atoms with Gasteiger partial charge in [0.05, 0.1) is 0 Å². The molecule has 0 heterocycles. The van der Waals surface area contributed by atoms with Crippen LogP contribution in [0.25, 0.3) is 0 Å². The Morgan fingerprint density at radius 3 is 2.50 bits per heavy atom. The fraction of sp³-hybridized carbons (Fsp3) is 1.00. The van der Waals surface area contributed by atoms with Crippen LogP contribution in [0.4, 0.5) is 0 Å². The van der Waals surface area contributed by atoms with Gasteiger partial charge in [-0.1, -0.05) is 26.7 Å². The number of hydrogen-bond donors (Lipinski definition) is 1. The summed E-state index contributed by atoms with van der Waals surface area (Å²) < 4.78 is 0. The summed E-state index contributed by atoms with van der Waals surface area (Å²) in [6.45, 7) is 4.99. The monoisotopic (exact) mass is 249 g/mol. The summed E-state index contributed by atoms with van der Waals surface area (Å²) in [4.78, 5) is 0. The third-order valence-corrected chi connectivity index (χ3v) is 6.64. The van der Waals surface area contributed by atoms with Gasteiger partial charge in [-0.15, -0.1) is 0 Å². The molecule has 0 aliphatic heterocycles. The van der Waals surface area contributed by atoms with Gasteiger partial charge < -0.3 is 5.32 Å². The predicted octanol–water partition coefficient (Wildman–Crippen LogP) is 4.23. The molecule has 0 aromatic carbocycles. The molecule has 3 rings (SSSR count). The summed E-state index contributed by atoms with van der Waals surface area (Å²) in [6.07, 6.45) is 12.0. The van der Waals surface area contributed by atoms with Gasteiger partial charge in [0, 0.05) is 6.04 Å². The van der Waals surface area contributed by atoms with Gasteiger partial charge in [0.1, 0.15) is 0 Å². The Balaban J connectivity index is 1.63. The summed E-state index contributed by atoms with van der Waals surface area (Å²) >= 11 is 0. The van der Waals surface area contributed by atoms with E-state index in [-0.39, 0.29) is 0 Å². The molecule has 0 saturated heterocycles. The summed E-state index contributed by atoms with van der Waals surface area (Å²) in [5, 5.41) is 3.69. The number of rotatable bonds is 4. The molecule has 0 radical (unpaired) electrons. The normalized spacial score (nSPS) is 43.5. The van der Waals surface area contributed by atoms with Gasteiger partial charge in [-0.25, -0.2) is 0 Å². The van der Waals surface area contributed by atoms with Gasteiger partial charge in [0.25, 0.3) is 0 Å². The molecule has 3 aliphatic carbocycles. The number of fused-ring (bicyclic) bond motifs is 2. The predicted molar refractivity (Wildman–Crippen MR) is 77.5 cm³/mol. The molecule has 1 N–H and O–H groups in total. The van der Waals surface area contributed by atoms with E-state index in [1.807, 2.05) is 0 Å². The van der Waals surface area contributed by atoms with Crippen LogP contribution in [0.15, 0.2) is 0 Å². The van der Waals surface area contributed by atoms with Gasteiger partial charge in [-0.3, -0.25) is 0 Å². The van der Waals surface area contributed by atoms with E-state index in [2.05, 4.69) is 26.2 Å². The maximum atomic E-state index is 3.69. The van der Waals surface area contributed by atoms with E-state index in [1.165, 1.54) is 25.7 Å². The van der Waals surface area contributed by atoms with Crippen molar-refractivity contribution < 1.29 is 0 Å². The molecule has 1 nitrogen and oxygen atoms in total. The Kier molecular flexibility index (Phi) is 3.47. The standard InChI is InChI=1S/C17H31N/c1-17(2)8-4-5-15(17)16(18-3)11-14-10-12-6-7-13(14)9-12/h12-16,18H,4-11H2,1-3H3. The third-order valence-electron chi connectivity index (χ3n) is 6.64. The van der Waals surface area contributed by atoms with Crippen molar-refractivity contribution in [3.63, 3.8) is 0 Å². The third kappa shape index (κ3) is 2.24. The van der Waals surface area contributed by atoms with Crippen LogP contribution in [0.1, 0.15) is 65.2 Å². The fourth-order valence-corrected chi connectivity index (χ4v) is 5.57. The van der Waals surface area contributed by atoms with Crippen molar-refractivity contribution in [2.75, 3.05) is 7.05 Å². The molecule has 1 heteroatoms. The molecule has 5 unspecified atom stereocenters. The SMILES string of the molecule is CNC(CC1CC2CCC1C2)C1CCCC1(C)C. The molecule has 0 amide bonds. The lowest BCUT2D eigenvalue weighted by Gasteiger charge is -2.37. The van der Waals surface area contributed by atoms with E-state index < -0.39 is 0 Å². The minimum absolute atomic E-state index is 0.575. The second-order valence-electron chi connectivity index (χ2n) is 8.05. The first kappa shape index (κ1) is 13.0. The lowest BCUT2D eigenvalue weighted by atomic mass is 9.73. The largest absolute Gasteiger partial charge is 0.317 e. The molecule has 0 spiro atoms. The summed E-state index contributed by atoms with van der Waals surface area (Å²) in [5.74, 6) is 4.17. The van der Waals surface area contributed by atoms with E-state index in [9.17, 15) is 0 Å². The van der Waals surface area contributed by atoms with E-state index in [4.69, 9.17) is 0 Å². The second-order valence-corrected chi connectivity index (χ2v) is 8.05. The summed E-state index contributed by atoms with van der Waals surface area (Å²) in [6, 6.07) is 0.784. The maximum absolute atomic E-state index is 3.69. The molecule has 5 atom stereocenters. The Labute approximate surface area is 113 Å². The molecule has 3 fully saturated rings. The highest BCUT2D eigenvalue weighted by Crippen LogP contribution is 2.52. The van der Waals surface area contributed by atoms with Crippen LogP contribution in [0.3, 0.4) is 0 Å². The Bertz CT molecular complexity index is 296. The van der Waals surface area contributed by atoms with Crippen molar-refractivity contribution in [1.82, 2.24) is 5.32 Å². The van der Waals surface area contributed by atoms with Crippen molar-refractivity contribution >= 4 is 0 Å². The topological polar surface area (TPSA) is 12.0 Å². The van der Waals surface area contributed by atoms with Crippen LogP contribution in [0.2, 0.25) is 0 Å². The summed E-state index contributed by atoms with van der Waals surface area (Å²) in [7, 11) is 2.20. The molecular weight excluding hydrogens is 218 g/mol. The first-order valence-corrected chi connectivity index (χ1v) is 8.27. The molecule has 18 heavy (non-hydrogen) atoms. The molecule has 2 bridgehead atoms. The van der Waals surface area contributed by atoms with Crippen molar-refractivity contribution in [2.24, 2.45) is 29.1 Å². The highest BCUT2D eigenvalue weighted by atomic mass is 14.9. The van der Waals surface area contributed by atoms with E-state index in [1.54, 1.807) is 25.7 Å². The number of hydrogen-bond acceptors (Lipinski definition) is 1. The lowest BCUT2D eigenvalue weighted by Crippen LogP contribution is -2.40. The minimum Gasteiger partial charge on any atom is -0.317 e. The lowest BCUT2D eigenvalue weighted by molar-refractivity contribution is 0.165. The zero-order valence-electron chi connectivity index (χ0n) is 12.5.